The lowest BCUT2D eigenvalue weighted by Gasteiger charge is -2.09. The number of rotatable bonds is 7. The van der Waals surface area contributed by atoms with Gasteiger partial charge in [0.05, 0.1) is 6.26 Å². The molecular weight excluding hydrogens is 366 g/mol. The van der Waals surface area contributed by atoms with Crippen LogP contribution in [0.3, 0.4) is 0 Å². The molecule has 0 aliphatic carbocycles. The molecule has 0 unspecified atom stereocenters. The molecule has 0 saturated heterocycles. The normalized spacial score (nSPS) is 11.1. The third-order valence-electron chi connectivity index (χ3n) is 3.81. The number of carbonyl (C=O) groups is 1. The number of hydrogen-bond donors (Lipinski definition) is 1. The van der Waals surface area contributed by atoms with Crippen molar-refractivity contribution in [1.82, 2.24) is 0 Å². The maximum absolute atomic E-state index is 12.4. The average molecular weight is 385 g/mol. The predicted octanol–water partition coefficient (Wildman–Crippen LogP) is 4.25. The van der Waals surface area contributed by atoms with Crippen LogP contribution in [0.5, 0.6) is 5.75 Å². The fourth-order valence-electron chi connectivity index (χ4n) is 2.48. The van der Waals surface area contributed by atoms with E-state index in [1.54, 1.807) is 36.4 Å². The molecule has 0 aliphatic heterocycles. The van der Waals surface area contributed by atoms with Gasteiger partial charge in [0.15, 0.2) is 5.76 Å². The summed E-state index contributed by atoms with van der Waals surface area (Å²) in [6.07, 6.45) is 3.29. The first kappa shape index (κ1) is 18.7. The lowest BCUT2D eigenvalue weighted by atomic mass is 10.1. The number of anilines is 1. The molecule has 1 amide bonds. The number of amides is 1. The molecule has 1 heterocycles. The van der Waals surface area contributed by atoms with Crippen molar-refractivity contribution in [2.75, 3.05) is 5.32 Å². The van der Waals surface area contributed by atoms with Gasteiger partial charge in [0.1, 0.15) is 10.6 Å². The highest BCUT2D eigenvalue weighted by Gasteiger charge is 2.17. The van der Waals surface area contributed by atoms with Crippen LogP contribution in [0.15, 0.2) is 76.2 Å². The number of aryl methyl sites for hydroxylation is 1. The first-order valence-corrected chi connectivity index (χ1v) is 9.87. The largest absolute Gasteiger partial charge is 0.459 e. The molecule has 2 aromatic carbocycles. The van der Waals surface area contributed by atoms with Crippen LogP contribution >= 0.6 is 0 Å². The number of furan rings is 1. The van der Waals surface area contributed by atoms with E-state index in [1.165, 1.54) is 30.5 Å². The smallest absolute Gasteiger partial charge is 0.339 e. The summed E-state index contributed by atoms with van der Waals surface area (Å²) in [5.41, 5.74) is 1.57. The van der Waals surface area contributed by atoms with Crippen molar-refractivity contribution in [3.63, 3.8) is 0 Å². The quantitative estimate of drug-likeness (QED) is 0.615. The zero-order chi connectivity index (χ0) is 19.3. The third-order valence-corrected chi connectivity index (χ3v) is 5.08. The van der Waals surface area contributed by atoms with Crippen molar-refractivity contribution in [2.45, 2.75) is 24.7 Å². The van der Waals surface area contributed by atoms with Gasteiger partial charge in [-0.1, -0.05) is 25.5 Å². The van der Waals surface area contributed by atoms with Crippen LogP contribution in [-0.4, -0.2) is 14.3 Å². The molecule has 0 atom stereocenters. The van der Waals surface area contributed by atoms with Gasteiger partial charge in [0.25, 0.3) is 5.91 Å². The van der Waals surface area contributed by atoms with Crippen LogP contribution in [0.1, 0.15) is 29.5 Å². The van der Waals surface area contributed by atoms with Gasteiger partial charge in [-0.05, 0) is 60.5 Å². The molecular formula is C20H19NO5S. The molecule has 3 aromatic rings. The second kappa shape index (κ2) is 8.09. The zero-order valence-electron chi connectivity index (χ0n) is 14.7. The highest BCUT2D eigenvalue weighted by atomic mass is 32.2. The summed E-state index contributed by atoms with van der Waals surface area (Å²) in [5.74, 6) is -0.0542. The van der Waals surface area contributed by atoms with Crippen LogP contribution in [0.25, 0.3) is 0 Å². The minimum absolute atomic E-state index is 0.0950. The molecule has 7 heteroatoms. The first-order chi connectivity index (χ1) is 13.0. The van der Waals surface area contributed by atoms with Gasteiger partial charge in [-0.25, -0.2) is 0 Å². The average Bonchev–Trinajstić information content (AvgIpc) is 3.19. The standard InChI is InChI=1S/C20H19NO5S/c1-2-4-15-6-12-18(13-7-15)27(23,24)26-17-10-8-16(9-11-17)21-20(22)19-5-3-14-25-19/h3,5-14H,2,4H2,1H3,(H,21,22). The minimum Gasteiger partial charge on any atom is -0.459 e. The minimum atomic E-state index is -3.92. The predicted molar refractivity (Wildman–Crippen MR) is 101 cm³/mol. The van der Waals surface area contributed by atoms with Crippen LogP contribution in [0.4, 0.5) is 5.69 Å². The number of carbonyl (C=O) groups excluding carboxylic acids is 1. The maximum atomic E-state index is 12.4. The Labute approximate surface area is 157 Å². The topological polar surface area (TPSA) is 85.6 Å². The van der Waals surface area contributed by atoms with Gasteiger partial charge in [-0.2, -0.15) is 8.42 Å². The second-order valence-electron chi connectivity index (χ2n) is 5.89. The Kier molecular flexibility index (Phi) is 5.61. The summed E-state index contributed by atoms with van der Waals surface area (Å²) in [7, 11) is -3.92. The van der Waals surface area contributed by atoms with Crippen LogP contribution in [-0.2, 0) is 16.5 Å². The van der Waals surface area contributed by atoms with E-state index >= 15 is 0 Å². The van der Waals surface area contributed by atoms with Crippen molar-refractivity contribution in [3.05, 3.63) is 78.3 Å². The van der Waals surface area contributed by atoms with E-state index in [4.69, 9.17) is 8.60 Å². The molecule has 0 spiro atoms. The lowest BCUT2D eigenvalue weighted by molar-refractivity contribution is 0.0996. The van der Waals surface area contributed by atoms with Gasteiger partial charge in [-0.3, -0.25) is 4.79 Å². The van der Waals surface area contributed by atoms with Gasteiger partial charge in [-0.15, -0.1) is 0 Å². The monoisotopic (exact) mass is 385 g/mol. The summed E-state index contributed by atoms with van der Waals surface area (Å²) in [5, 5.41) is 2.65. The summed E-state index contributed by atoms with van der Waals surface area (Å²) >= 11 is 0. The van der Waals surface area contributed by atoms with Gasteiger partial charge < -0.3 is 13.9 Å². The van der Waals surface area contributed by atoms with Crippen molar-refractivity contribution in [1.29, 1.82) is 0 Å². The Bertz CT molecular complexity index is 992. The Morgan fingerprint density at radius 2 is 1.74 bits per heavy atom. The molecule has 0 saturated carbocycles. The zero-order valence-corrected chi connectivity index (χ0v) is 15.5. The maximum Gasteiger partial charge on any atom is 0.339 e. The van der Waals surface area contributed by atoms with Crippen LogP contribution in [0, 0.1) is 0 Å². The molecule has 27 heavy (non-hydrogen) atoms. The van der Waals surface area contributed by atoms with E-state index in [0.29, 0.717) is 5.69 Å². The lowest BCUT2D eigenvalue weighted by Crippen LogP contribution is -2.11. The fraction of sp³-hybridized carbons (Fsp3) is 0.150. The number of hydrogen-bond acceptors (Lipinski definition) is 5. The molecule has 1 aromatic heterocycles. The number of benzene rings is 2. The van der Waals surface area contributed by atoms with E-state index < -0.39 is 16.0 Å². The summed E-state index contributed by atoms with van der Waals surface area (Å²) in [4.78, 5) is 12.0. The first-order valence-electron chi connectivity index (χ1n) is 8.46. The van der Waals surface area contributed by atoms with E-state index in [9.17, 15) is 13.2 Å². The molecule has 0 fully saturated rings. The van der Waals surface area contributed by atoms with Gasteiger partial charge in [0.2, 0.25) is 0 Å². The van der Waals surface area contributed by atoms with Crippen molar-refractivity contribution in [3.8, 4) is 5.75 Å². The highest BCUT2D eigenvalue weighted by molar-refractivity contribution is 7.87. The Morgan fingerprint density at radius 1 is 1.04 bits per heavy atom. The van der Waals surface area contributed by atoms with E-state index in [2.05, 4.69) is 12.2 Å². The van der Waals surface area contributed by atoms with Crippen molar-refractivity contribution >= 4 is 21.7 Å². The molecule has 0 radical (unpaired) electrons. The molecule has 140 valence electrons. The van der Waals surface area contributed by atoms with E-state index in [-0.39, 0.29) is 16.4 Å². The van der Waals surface area contributed by atoms with Crippen LogP contribution in [0.2, 0.25) is 0 Å². The molecule has 0 aliphatic rings. The fourth-order valence-corrected chi connectivity index (χ4v) is 3.41. The molecule has 3 rings (SSSR count). The summed E-state index contributed by atoms with van der Waals surface area (Å²) < 4.78 is 34.9. The molecule has 0 bridgehead atoms. The Hall–Kier alpha value is -3.06. The Balaban J connectivity index is 1.67. The molecule has 1 N–H and O–H groups in total. The van der Waals surface area contributed by atoms with E-state index in [0.717, 1.165) is 18.4 Å². The SMILES string of the molecule is CCCc1ccc(S(=O)(=O)Oc2ccc(NC(=O)c3ccco3)cc2)cc1. The summed E-state index contributed by atoms with van der Waals surface area (Å²) in [6.45, 7) is 2.06. The van der Waals surface area contributed by atoms with E-state index in [1.807, 2.05) is 0 Å². The third kappa shape index (κ3) is 4.77. The molecule has 6 nitrogen and oxygen atoms in total. The highest BCUT2D eigenvalue weighted by Crippen LogP contribution is 2.22. The van der Waals surface area contributed by atoms with Gasteiger partial charge in [0, 0.05) is 5.69 Å². The van der Waals surface area contributed by atoms with Crippen molar-refractivity contribution in [2.24, 2.45) is 0 Å². The second-order valence-corrected chi connectivity index (χ2v) is 7.43. The van der Waals surface area contributed by atoms with Crippen LogP contribution < -0.4 is 9.50 Å². The Morgan fingerprint density at radius 3 is 2.33 bits per heavy atom. The summed E-state index contributed by atoms with van der Waals surface area (Å²) in [6, 6.07) is 15.9. The van der Waals surface area contributed by atoms with Crippen molar-refractivity contribution < 1.29 is 21.8 Å². The van der Waals surface area contributed by atoms with Gasteiger partial charge >= 0.3 is 10.1 Å². The number of nitrogens with one attached hydrogen (secondary N) is 1.